The molecule has 0 bridgehead atoms. The molecular formula is C26H30FN3O5. The van der Waals surface area contributed by atoms with Crippen LogP contribution in [0, 0.1) is 18.7 Å². The molecule has 0 aliphatic rings. The second kappa shape index (κ2) is 10.7. The number of carboxylic acid groups (broad SMARTS) is 1. The lowest BCUT2D eigenvalue weighted by molar-refractivity contribution is -0.137. The third-order valence-electron chi connectivity index (χ3n) is 5.99. The van der Waals surface area contributed by atoms with Gasteiger partial charge in [0.2, 0.25) is 5.88 Å². The molecule has 35 heavy (non-hydrogen) atoms. The number of halogens is 1. The van der Waals surface area contributed by atoms with Crippen LogP contribution in [0.1, 0.15) is 54.8 Å². The summed E-state index contributed by atoms with van der Waals surface area (Å²) in [5.41, 5.74) is 0.296. The van der Waals surface area contributed by atoms with E-state index in [0.717, 1.165) is 10.2 Å². The fraction of sp³-hybridized carbons (Fsp3) is 0.346. The number of rotatable bonds is 10. The van der Waals surface area contributed by atoms with Crippen molar-refractivity contribution < 1.29 is 28.9 Å². The number of hydrogen-bond donors (Lipinski definition) is 3. The molecule has 0 saturated heterocycles. The number of carbonyl (C=O) groups is 2. The summed E-state index contributed by atoms with van der Waals surface area (Å²) in [5, 5.41) is 26.9. The predicted molar refractivity (Wildman–Crippen MR) is 128 cm³/mol. The molecule has 3 N–H and O–H groups in total. The number of hydrogen-bond acceptors (Lipinski definition) is 5. The molecule has 0 aliphatic heterocycles. The van der Waals surface area contributed by atoms with E-state index in [1.807, 2.05) is 32.9 Å². The summed E-state index contributed by atoms with van der Waals surface area (Å²) in [4.78, 5) is 24.6. The van der Waals surface area contributed by atoms with Gasteiger partial charge in [-0.1, -0.05) is 50.2 Å². The number of para-hydroxylation sites is 1. The Morgan fingerprint density at radius 3 is 2.46 bits per heavy atom. The molecule has 9 heteroatoms. The lowest BCUT2D eigenvalue weighted by atomic mass is 9.94. The van der Waals surface area contributed by atoms with E-state index in [9.17, 15) is 24.2 Å². The molecule has 8 nitrogen and oxygen atoms in total. The van der Waals surface area contributed by atoms with E-state index in [1.165, 1.54) is 24.3 Å². The number of nitrogens with zero attached hydrogens (tertiary/aromatic N) is 2. The number of aliphatic hydroxyl groups is 1. The molecule has 1 heterocycles. The minimum absolute atomic E-state index is 0.0618. The van der Waals surface area contributed by atoms with E-state index in [-0.39, 0.29) is 36.2 Å². The Balaban J connectivity index is 1.96. The minimum atomic E-state index is -1.18. The first-order valence-electron chi connectivity index (χ1n) is 11.3. The molecule has 0 spiro atoms. The van der Waals surface area contributed by atoms with Crippen LogP contribution in [0.5, 0.6) is 5.88 Å². The van der Waals surface area contributed by atoms with E-state index in [1.54, 1.807) is 25.1 Å². The third-order valence-corrected chi connectivity index (χ3v) is 5.99. The highest BCUT2D eigenvalue weighted by Crippen LogP contribution is 2.26. The number of amides is 1. The Bertz CT molecular complexity index is 1210. The highest BCUT2D eigenvalue weighted by molar-refractivity contribution is 5.93. The van der Waals surface area contributed by atoms with E-state index >= 15 is 0 Å². The number of carbonyl (C=O) groups excluding carboxylic acids is 1. The number of aryl methyl sites for hydroxylation is 1. The Morgan fingerprint density at radius 2 is 1.83 bits per heavy atom. The van der Waals surface area contributed by atoms with Crippen LogP contribution in [0.4, 0.5) is 4.39 Å². The van der Waals surface area contributed by atoms with Gasteiger partial charge in [0.1, 0.15) is 18.1 Å². The van der Waals surface area contributed by atoms with Crippen molar-refractivity contribution in [1.29, 1.82) is 0 Å². The number of nitrogens with one attached hydrogen (secondary N) is 1. The molecule has 2 aromatic carbocycles. The van der Waals surface area contributed by atoms with Gasteiger partial charge in [-0.3, -0.25) is 9.59 Å². The van der Waals surface area contributed by atoms with Gasteiger partial charge in [-0.2, -0.15) is 9.78 Å². The van der Waals surface area contributed by atoms with Crippen molar-refractivity contribution in [1.82, 2.24) is 15.1 Å². The molecule has 3 aromatic rings. The normalized spacial score (nSPS) is 13.8. The maximum atomic E-state index is 14.6. The van der Waals surface area contributed by atoms with Crippen molar-refractivity contribution in [3.05, 3.63) is 77.2 Å². The Kier molecular flexibility index (Phi) is 7.91. The number of ether oxygens (including phenoxy) is 1. The maximum absolute atomic E-state index is 14.6. The van der Waals surface area contributed by atoms with Crippen LogP contribution in [0.25, 0.3) is 5.69 Å². The summed E-state index contributed by atoms with van der Waals surface area (Å²) in [7, 11) is 0. The number of carboxylic acids is 1. The van der Waals surface area contributed by atoms with E-state index < -0.39 is 29.3 Å². The summed E-state index contributed by atoms with van der Waals surface area (Å²) in [5.74, 6) is -2.36. The topological polar surface area (TPSA) is 114 Å². The summed E-state index contributed by atoms with van der Waals surface area (Å²) in [6, 6.07) is 13.6. The van der Waals surface area contributed by atoms with Gasteiger partial charge >= 0.3 is 5.97 Å². The Labute approximate surface area is 203 Å². The molecule has 1 amide bonds. The Hall–Kier alpha value is -3.72. The minimum Gasteiger partial charge on any atom is -0.481 e. The van der Waals surface area contributed by atoms with Gasteiger partial charge < -0.3 is 20.3 Å². The second-order valence-electron chi connectivity index (χ2n) is 9.01. The van der Waals surface area contributed by atoms with Crippen molar-refractivity contribution in [2.24, 2.45) is 5.92 Å². The van der Waals surface area contributed by atoms with Gasteiger partial charge in [-0.05, 0) is 43.0 Å². The largest absolute Gasteiger partial charge is 0.481 e. The van der Waals surface area contributed by atoms with Gasteiger partial charge in [-0.15, -0.1) is 0 Å². The second-order valence-corrected chi connectivity index (χ2v) is 9.01. The van der Waals surface area contributed by atoms with Crippen molar-refractivity contribution in [3.8, 4) is 11.6 Å². The third kappa shape index (κ3) is 6.24. The molecule has 0 aliphatic carbocycles. The van der Waals surface area contributed by atoms with E-state index in [2.05, 4.69) is 10.4 Å². The zero-order valence-electron chi connectivity index (χ0n) is 20.2. The van der Waals surface area contributed by atoms with Crippen LogP contribution in [-0.4, -0.2) is 44.1 Å². The van der Waals surface area contributed by atoms with Gasteiger partial charge in [0.15, 0.2) is 5.69 Å². The van der Waals surface area contributed by atoms with Gasteiger partial charge in [0, 0.05) is 6.07 Å². The average molecular weight is 484 g/mol. The summed E-state index contributed by atoms with van der Waals surface area (Å²) in [6.07, 6.45) is -0.328. The molecule has 186 valence electrons. The van der Waals surface area contributed by atoms with Gasteiger partial charge in [-0.25, -0.2) is 4.39 Å². The van der Waals surface area contributed by atoms with Crippen molar-refractivity contribution in [2.75, 3.05) is 6.61 Å². The predicted octanol–water partition coefficient (Wildman–Crippen LogP) is 4.05. The fourth-order valence-electron chi connectivity index (χ4n) is 3.38. The van der Waals surface area contributed by atoms with Crippen LogP contribution in [-0.2, 0) is 4.79 Å². The molecule has 2 atom stereocenters. The number of benzene rings is 2. The van der Waals surface area contributed by atoms with Crippen LogP contribution >= 0.6 is 0 Å². The summed E-state index contributed by atoms with van der Waals surface area (Å²) >= 11 is 0. The molecule has 0 radical (unpaired) electrons. The highest BCUT2D eigenvalue weighted by Gasteiger charge is 2.28. The molecular weight excluding hydrogens is 453 g/mol. The van der Waals surface area contributed by atoms with Crippen molar-refractivity contribution >= 4 is 11.9 Å². The first-order valence-corrected chi connectivity index (χ1v) is 11.3. The summed E-state index contributed by atoms with van der Waals surface area (Å²) < 4.78 is 21.5. The molecule has 1 unspecified atom stereocenters. The first-order chi connectivity index (χ1) is 16.5. The lowest BCUT2D eigenvalue weighted by Gasteiger charge is -2.27. The zero-order chi connectivity index (χ0) is 25.8. The maximum Gasteiger partial charge on any atom is 0.305 e. The molecule has 3 rings (SSSR count). The van der Waals surface area contributed by atoms with Crippen LogP contribution in [0.3, 0.4) is 0 Å². The lowest BCUT2D eigenvalue weighted by Crippen LogP contribution is -2.38. The zero-order valence-corrected chi connectivity index (χ0v) is 20.2. The first kappa shape index (κ1) is 25.9. The standard InChI is InChI=1S/C26H30FN3O5/c1-16(2)26(4,34)15-35-23-13-21(29-30(23)22-12-8-7-11-19(22)27)25(33)28-20(14-24(31)32)18-10-6-5-9-17(18)3/h5-13,16,20,34H,14-15H2,1-4H3,(H,28,33)(H,31,32)/t20-,26?/m0/s1. The van der Waals surface area contributed by atoms with Crippen LogP contribution in [0.2, 0.25) is 0 Å². The van der Waals surface area contributed by atoms with Crippen molar-refractivity contribution in [2.45, 2.75) is 45.8 Å². The highest BCUT2D eigenvalue weighted by atomic mass is 19.1. The SMILES string of the molecule is Cc1ccccc1[C@H](CC(=O)O)NC(=O)c1cc(OCC(C)(O)C(C)C)n(-c2ccccc2F)n1. The fourth-order valence-corrected chi connectivity index (χ4v) is 3.38. The molecule has 0 saturated carbocycles. The Morgan fingerprint density at radius 1 is 1.17 bits per heavy atom. The van der Waals surface area contributed by atoms with E-state index in [4.69, 9.17) is 4.74 Å². The van der Waals surface area contributed by atoms with Gasteiger partial charge in [0.05, 0.1) is 18.1 Å². The molecule has 1 aromatic heterocycles. The quantitative estimate of drug-likeness (QED) is 0.401. The number of aromatic nitrogens is 2. The average Bonchev–Trinajstić information content (AvgIpc) is 3.22. The molecule has 0 fully saturated rings. The van der Waals surface area contributed by atoms with Crippen molar-refractivity contribution in [3.63, 3.8) is 0 Å². The smallest absolute Gasteiger partial charge is 0.305 e. The van der Waals surface area contributed by atoms with Crippen LogP contribution in [0.15, 0.2) is 54.6 Å². The van der Waals surface area contributed by atoms with Crippen LogP contribution < -0.4 is 10.1 Å². The van der Waals surface area contributed by atoms with E-state index in [0.29, 0.717) is 5.56 Å². The number of aliphatic carboxylic acids is 1. The van der Waals surface area contributed by atoms with Gasteiger partial charge in [0.25, 0.3) is 5.91 Å². The monoisotopic (exact) mass is 483 g/mol. The summed E-state index contributed by atoms with van der Waals surface area (Å²) in [6.45, 7) is 7.01.